The van der Waals surface area contributed by atoms with Crippen molar-refractivity contribution in [3.8, 4) is 0 Å². The summed E-state index contributed by atoms with van der Waals surface area (Å²) in [4.78, 5) is 0. The standard InChI is InChI=1S/C3H4ClF2N/c4-7-1-3(5,6)2-7/h1-2H2. The molecule has 1 fully saturated rings. The highest BCUT2D eigenvalue weighted by Gasteiger charge is 2.43. The predicted octanol–water partition coefficient (Wildman–Crippen LogP) is 1.09. The van der Waals surface area contributed by atoms with Gasteiger partial charge in [-0.15, -0.1) is 0 Å². The van der Waals surface area contributed by atoms with Gasteiger partial charge in [0.2, 0.25) is 0 Å². The molecule has 1 aliphatic rings. The van der Waals surface area contributed by atoms with Gasteiger partial charge < -0.3 is 0 Å². The lowest BCUT2D eigenvalue weighted by Gasteiger charge is -2.32. The molecule has 0 unspecified atom stereocenters. The summed E-state index contributed by atoms with van der Waals surface area (Å²) in [5.74, 6) is -2.51. The first-order chi connectivity index (χ1) is 3.10. The van der Waals surface area contributed by atoms with Crippen LogP contribution in [-0.4, -0.2) is 23.4 Å². The van der Waals surface area contributed by atoms with Crippen LogP contribution in [0.2, 0.25) is 0 Å². The van der Waals surface area contributed by atoms with Crippen molar-refractivity contribution < 1.29 is 8.78 Å². The van der Waals surface area contributed by atoms with Gasteiger partial charge in [0.25, 0.3) is 5.92 Å². The van der Waals surface area contributed by atoms with E-state index in [1.165, 1.54) is 0 Å². The van der Waals surface area contributed by atoms with Crippen molar-refractivity contribution >= 4 is 11.8 Å². The molecule has 0 bridgehead atoms. The Morgan fingerprint density at radius 2 is 1.86 bits per heavy atom. The molecule has 1 saturated heterocycles. The number of nitrogens with zero attached hydrogens (tertiary/aromatic N) is 1. The van der Waals surface area contributed by atoms with E-state index in [0.717, 1.165) is 4.42 Å². The molecule has 0 spiro atoms. The molecule has 42 valence electrons. The fourth-order valence-corrected chi connectivity index (χ4v) is 0.805. The molecular weight excluding hydrogens is 123 g/mol. The van der Waals surface area contributed by atoms with Crippen LogP contribution in [0.15, 0.2) is 0 Å². The highest BCUT2D eigenvalue weighted by Crippen LogP contribution is 2.27. The molecule has 7 heavy (non-hydrogen) atoms. The molecule has 1 rings (SSSR count). The summed E-state index contributed by atoms with van der Waals surface area (Å²) < 4.78 is 24.4. The number of hydrogen-bond donors (Lipinski definition) is 0. The van der Waals surface area contributed by atoms with Gasteiger partial charge in [0, 0.05) is 0 Å². The van der Waals surface area contributed by atoms with Gasteiger partial charge in [-0.25, -0.2) is 13.2 Å². The maximum absolute atomic E-state index is 11.7. The number of alkyl halides is 2. The van der Waals surface area contributed by atoms with Crippen LogP contribution < -0.4 is 0 Å². The summed E-state index contributed by atoms with van der Waals surface area (Å²) in [5.41, 5.74) is 0. The van der Waals surface area contributed by atoms with Gasteiger partial charge in [-0.3, -0.25) is 0 Å². The Morgan fingerprint density at radius 1 is 1.43 bits per heavy atom. The summed E-state index contributed by atoms with van der Waals surface area (Å²) in [6, 6.07) is 0. The van der Waals surface area contributed by atoms with Gasteiger partial charge >= 0.3 is 0 Å². The molecule has 4 heteroatoms. The first-order valence-corrected chi connectivity index (χ1v) is 2.22. The van der Waals surface area contributed by atoms with Crippen LogP contribution in [0.3, 0.4) is 0 Å². The lowest BCUT2D eigenvalue weighted by atomic mass is 10.2. The van der Waals surface area contributed by atoms with Gasteiger partial charge in [0.15, 0.2) is 0 Å². The van der Waals surface area contributed by atoms with E-state index >= 15 is 0 Å². The Hall–Kier alpha value is 0.110. The molecule has 0 aromatic heterocycles. The smallest absolute Gasteiger partial charge is 0.208 e. The van der Waals surface area contributed by atoms with Crippen molar-refractivity contribution in [1.29, 1.82) is 0 Å². The largest absolute Gasteiger partial charge is 0.275 e. The highest BCUT2D eigenvalue weighted by atomic mass is 35.5. The van der Waals surface area contributed by atoms with Gasteiger partial charge in [0.05, 0.1) is 13.1 Å². The highest BCUT2D eigenvalue weighted by molar-refractivity contribution is 6.13. The molecule has 0 aromatic rings. The van der Waals surface area contributed by atoms with Crippen LogP contribution in [-0.2, 0) is 0 Å². The number of halogens is 3. The average Bonchev–Trinajstić information content (AvgIpc) is 1.27. The van der Waals surface area contributed by atoms with Crippen molar-refractivity contribution in [3.63, 3.8) is 0 Å². The molecule has 1 aliphatic heterocycles. The third-order valence-electron chi connectivity index (χ3n) is 0.806. The summed E-state index contributed by atoms with van der Waals surface area (Å²) in [5, 5.41) is 0. The van der Waals surface area contributed by atoms with E-state index in [0.29, 0.717) is 0 Å². The Bertz CT molecular complexity index is 77.0. The molecular formula is C3H4ClF2N. The Labute approximate surface area is 45.0 Å². The maximum Gasteiger partial charge on any atom is 0.275 e. The van der Waals surface area contributed by atoms with Gasteiger partial charge in [-0.2, -0.15) is 0 Å². The second-order valence-electron chi connectivity index (χ2n) is 1.63. The van der Waals surface area contributed by atoms with Crippen LogP contribution in [0.25, 0.3) is 0 Å². The molecule has 0 saturated carbocycles. The fraction of sp³-hybridized carbons (Fsp3) is 1.00. The predicted molar refractivity (Wildman–Crippen MR) is 22.4 cm³/mol. The normalized spacial score (nSPS) is 29.6. The third-order valence-corrected chi connectivity index (χ3v) is 1.04. The van der Waals surface area contributed by atoms with Crippen LogP contribution >= 0.6 is 11.8 Å². The SMILES string of the molecule is FC1(F)CN(Cl)C1. The molecule has 0 aromatic carbocycles. The van der Waals surface area contributed by atoms with E-state index in [1.54, 1.807) is 0 Å². The fourth-order valence-electron chi connectivity index (χ4n) is 0.456. The summed E-state index contributed by atoms with van der Waals surface area (Å²) in [6.45, 7) is -0.594. The van der Waals surface area contributed by atoms with Crippen LogP contribution in [0.1, 0.15) is 0 Å². The lowest BCUT2D eigenvalue weighted by molar-refractivity contribution is -0.0941. The first kappa shape index (κ1) is 5.25. The minimum Gasteiger partial charge on any atom is -0.208 e. The second kappa shape index (κ2) is 1.29. The van der Waals surface area contributed by atoms with E-state index in [-0.39, 0.29) is 13.1 Å². The van der Waals surface area contributed by atoms with Crippen LogP contribution in [0, 0.1) is 0 Å². The summed E-state index contributed by atoms with van der Waals surface area (Å²) in [6.07, 6.45) is 0. The minimum absolute atomic E-state index is 0.297. The molecule has 0 aliphatic carbocycles. The van der Waals surface area contributed by atoms with E-state index < -0.39 is 5.92 Å². The maximum atomic E-state index is 11.7. The zero-order valence-electron chi connectivity index (χ0n) is 3.50. The summed E-state index contributed by atoms with van der Waals surface area (Å²) >= 11 is 5.09. The van der Waals surface area contributed by atoms with E-state index in [4.69, 9.17) is 11.8 Å². The Morgan fingerprint density at radius 3 is 1.86 bits per heavy atom. The Kier molecular flexibility index (Phi) is 0.970. The quantitative estimate of drug-likeness (QED) is 0.441. The number of hydrogen-bond acceptors (Lipinski definition) is 1. The average molecular weight is 128 g/mol. The van der Waals surface area contributed by atoms with Crippen LogP contribution in [0.5, 0.6) is 0 Å². The molecule has 0 N–H and O–H groups in total. The first-order valence-electron chi connectivity index (χ1n) is 1.89. The molecule has 1 heterocycles. The second-order valence-corrected chi connectivity index (χ2v) is 2.11. The van der Waals surface area contributed by atoms with E-state index in [1.807, 2.05) is 0 Å². The number of rotatable bonds is 0. The monoisotopic (exact) mass is 127 g/mol. The molecule has 1 nitrogen and oxygen atoms in total. The van der Waals surface area contributed by atoms with Gasteiger partial charge in [-0.1, -0.05) is 0 Å². The summed E-state index contributed by atoms with van der Waals surface area (Å²) in [7, 11) is 0. The lowest BCUT2D eigenvalue weighted by Crippen LogP contribution is -2.50. The van der Waals surface area contributed by atoms with Crippen molar-refractivity contribution in [3.05, 3.63) is 0 Å². The van der Waals surface area contributed by atoms with Gasteiger partial charge in [-0.05, 0) is 11.8 Å². The zero-order chi connectivity index (χ0) is 5.49. The van der Waals surface area contributed by atoms with Crippen molar-refractivity contribution in [1.82, 2.24) is 4.42 Å². The Balaban J connectivity index is 2.29. The van der Waals surface area contributed by atoms with Crippen molar-refractivity contribution in [2.45, 2.75) is 5.92 Å². The van der Waals surface area contributed by atoms with E-state index in [2.05, 4.69) is 0 Å². The topological polar surface area (TPSA) is 3.24 Å². The minimum atomic E-state index is -2.51. The van der Waals surface area contributed by atoms with Crippen LogP contribution in [0.4, 0.5) is 8.78 Å². The van der Waals surface area contributed by atoms with E-state index in [9.17, 15) is 8.78 Å². The van der Waals surface area contributed by atoms with Crippen molar-refractivity contribution in [2.24, 2.45) is 0 Å². The molecule has 0 amide bonds. The zero-order valence-corrected chi connectivity index (χ0v) is 4.25. The third kappa shape index (κ3) is 1.01. The van der Waals surface area contributed by atoms with Gasteiger partial charge in [0.1, 0.15) is 0 Å². The van der Waals surface area contributed by atoms with Crippen molar-refractivity contribution in [2.75, 3.05) is 13.1 Å². The molecule has 0 atom stereocenters. The molecule has 0 radical (unpaired) electrons.